The zero-order valence-electron chi connectivity index (χ0n) is 20.2. The van der Waals surface area contributed by atoms with E-state index < -0.39 is 18.7 Å². The lowest BCUT2D eigenvalue weighted by Gasteiger charge is -2.24. The van der Waals surface area contributed by atoms with E-state index in [9.17, 15) is 4.79 Å². The van der Waals surface area contributed by atoms with Gasteiger partial charge in [-0.25, -0.2) is 4.39 Å². The number of halogens is 1. The quantitative estimate of drug-likeness (QED) is 0.587. The zero-order valence-corrected chi connectivity index (χ0v) is 17.2. The number of benzene rings is 1. The van der Waals surface area contributed by atoms with Gasteiger partial charge in [0.25, 0.3) is 0 Å². The largest absolute Gasteiger partial charge is 0.497 e. The average molecular weight is 428 g/mol. The lowest BCUT2D eigenvalue weighted by Crippen LogP contribution is -2.15. The first-order valence-corrected chi connectivity index (χ1v) is 9.67. The summed E-state index contributed by atoms with van der Waals surface area (Å²) in [5.74, 6) is -0.509. The molecule has 2 heterocycles. The number of carbonyl (C=O) groups excluding carboxylic acids is 1. The number of carbonyl (C=O) groups is 1. The van der Waals surface area contributed by atoms with Gasteiger partial charge >= 0.3 is 0 Å². The second kappa shape index (κ2) is 8.25. The molecule has 31 heavy (non-hydrogen) atoms. The lowest BCUT2D eigenvalue weighted by atomic mass is 9.81. The monoisotopic (exact) mass is 428 g/mol. The molecule has 0 aliphatic heterocycles. The highest BCUT2D eigenvalue weighted by molar-refractivity contribution is 6.01. The minimum Gasteiger partial charge on any atom is -0.497 e. The number of H-pyrrole nitrogens is 1. The van der Waals surface area contributed by atoms with E-state index in [1.54, 1.807) is 6.07 Å². The maximum absolute atomic E-state index is 15.0. The van der Waals surface area contributed by atoms with E-state index in [1.165, 1.54) is 26.5 Å². The Morgan fingerprint density at radius 1 is 1.45 bits per heavy atom. The van der Waals surface area contributed by atoms with Gasteiger partial charge < -0.3 is 14.8 Å². The number of aryl methyl sites for hydroxylation is 1. The van der Waals surface area contributed by atoms with E-state index in [0.29, 0.717) is 36.3 Å². The molecule has 2 N–H and O–H groups in total. The summed E-state index contributed by atoms with van der Waals surface area (Å²) in [5.41, 5.74) is 2.79. The highest BCUT2D eigenvalue weighted by atomic mass is 19.1. The van der Waals surface area contributed by atoms with E-state index in [-0.39, 0.29) is 23.0 Å². The molecule has 1 aliphatic rings. The van der Waals surface area contributed by atoms with Gasteiger partial charge in [0.1, 0.15) is 17.1 Å². The summed E-state index contributed by atoms with van der Waals surface area (Å²) in [7, 11) is 2.91. The summed E-state index contributed by atoms with van der Waals surface area (Å²) >= 11 is 0. The molecule has 0 bridgehead atoms. The molecule has 4 rings (SSSR count). The van der Waals surface area contributed by atoms with Crippen LogP contribution < -0.4 is 14.8 Å². The average Bonchev–Trinajstić information content (AvgIpc) is 3.42. The second-order valence-electron chi connectivity index (χ2n) is 7.21. The van der Waals surface area contributed by atoms with Crippen molar-refractivity contribution in [2.45, 2.75) is 25.2 Å². The maximum atomic E-state index is 15.0. The number of anilines is 1. The molecule has 9 heteroatoms. The van der Waals surface area contributed by atoms with Crippen LogP contribution >= 0.6 is 0 Å². The Bertz CT molecular complexity index is 1250. The molecular weight excluding hydrogens is 401 g/mol. The van der Waals surface area contributed by atoms with Gasteiger partial charge in [0, 0.05) is 28.4 Å². The van der Waals surface area contributed by atoms with Gasteiger partial charge in [-0.05, 0) is 42.9 Å². The molecule has 0 saturated carbocycles. The Hall–Kier alpha value is -3.62. The molecule has 0 fully saturated rings. The van der Waals surface area contributed by atoms with Crippen LogP contribution in [0, 0.1) is 5.82 Å². The number of hydrogen-bond donors (Lipinski definition) is 2. The molecule has 1 atom stereocenters. The maximum Gasteiger partial charge on any atom is 0.247 e. The van der Waals surface area contributed by atoms with Gasteiger partial charge in [-0.2, -0.15) is 10.2 Å². The Kier molecular flexibility index (Phi) is 4.55. The van der Waals surface area contributed by atoms with Crippen molar-refractivity contribution >= 4 is 11.6 Å². The van der Waals surface area contributed by atoms with E-state index in [2.05, 4.69) is 27.2 Å². The van der Waals surface area contributed by atoms with Crippen molar-refractivity contribution in [3.05, 3.63) is 53.6 Å². The second-order valence-corrected chi connectivity index (χ2v) is 7.21. The van der Waals surface area contributed by atoms with Crippen molar-refractivity contribution < 1.29 is 22.8 Å². The van der Waals surface area contributed by atoms with Gasteiger partial charge in [-0.1, -0.05) is 6.58 Å². The SMILES string of the molecule is [2H]C([2H])([2H])n1ncc(NC(=O)C=C)c1-c1n[nH]c2c1CCC(c1cc(OC)cc(OC)c1F)C2. The van der Waals surface area contributed by atoms with Crippen molar-refractivity contribution in [2.75, 3.05) is 19.5 Å². The fourth-order valence-corrected chi connectivity index (χ4v) is 3.98. The predicted molar refractivity (Wildman–Crippen MR) is 114 cm³/mol. The first-order valence-electron chi connectivity index (χ1n) is 11.2. The molecular formula is C22H24FN5O3. The summed E-state index contributed by atoms with van der Waals surface area (Å²) in [6.45, 7) is 0.836. The van der Waals surface area contributed by atoms with Crippen LogP contribution in [0.2, 0.25) is 0 Å². The number of rotatable bonds is 6. The van der Waals surface area contributed by atoms with Crippen molar-refractivity contribution in [3.63, 3.8) is 0 Å². The fourth-order valence-electron chi connectivity index (χ4n) is 3.98. The van der Waals surface area contributed by atoms with Crippen molar-refractivity contribution in [1.29, 1.82) is 0 Å². The topological polar surface area (TPSA) is 94.1 Å². The molecule has 2 aromatic heterocycles. The Balaban J connectivity index is 1.74. The summed E-state index contributed by atoms with van der Waals surface area (Å²) in [6.07, 6.45) is 3.90. The van der Waals surface area contributed by atoms with E-state index in [4.69, 9.17) is 13.6 Å². The van der Waals surface area contributed by atoms with Crippen LogP contribution in [0.15, 0.2) is 31.0 Å². The Morgan fingerprint density at radius 3 is 3.00 bits per heavy atom. The van der Waals surface area contributed by atoms with Gasteiger partial charge in [0.2, 0.25) is 5.91 Å². The summed E-state index contributed by atoms with van der Waals surface area (Å²) in [6, 6.07) is 3.16. The highest BCUT2D eigenvalue weighted by Crippen LogP contribution is 2.41. The third-order valence-corrected chi connectivity index (χ3v) is 5.52. The number of amides is 1. The molecule has 0 radical (unpaired) electrons. The summed E-state index contributed by atoms with van der Waals surface area (Å²) in [4.78, 5) is 11.9. The minimum atomic E-state index is -2.59. The number of fused-ring (bicyclic) bond motifs is 1. The van der Waals surface area contributed by atoms with Crippen molar-refractivity contribution in [1.82, 2.24) is 20.0 Å². The molecule has 0 saturated heterocycles. The van der Waals surface area contributed by atoms with Crippen LogP contribution in [0.4, 0.5) is 10.1 Å². The third-order valence-electron chi connectivity index (χ3n) is 5.52. The Morgan fingerprint density at radius 2 is 2.29 bits per heavy atom. The van der Waals surface area contributed by atoms with Crippen LogP contribution in [0.1, 0.15) is 33.3 Å². The number of ether oxygens (including phenoxy) is 2. The zero-order chi connectivity index (χ0) is 24.6. The molecule has 162 valence electrons. The van der Waals surface area contributed by atoms with Crippen molar-refractivity contribution in [3.8, 4) is 22.9 Å². The van der Waals surface area contributed by atoms with Gasteiger partial charge in [0.05, 0.1) is 26.1 Å². The first kappa shape index (κ1) is 17.1. The third kappa shape index (κ3) is 3.67. The Labute approximate surface area is 183 Å². The number of aromatic nitrogens is 4. The normalized spacial score (nSPS) is 17.1. The molecule has 8 nitrogen and oxygen atoms in total. The van der Waals surface area contributed by atoms with Crippen molar-refractivity contribution in [2.24, 2.45) is 6.98 Å². The smallest absolute Gasteiger partial charge is 0.247 e. The summed E-state index contributed by atoms with van der Waals surface area (Å²) < 4.78 is 49.9. The number of aromatic amines is 1. The minimum absolute atomic E-state index is 0.106. The highest BCUT2D eigenvalue weighted by Gasteiger charge is 2.30. The van der Waals surface area contributed by atoms with Crippen LogP contribution in [-0.2, 0) is 24.6 Å². The van der Waals surface area contributed by atoms with Gasteiger partial charge in [-0.3, -0.25) is 14.6 Å². The fraction of sp³-hybridized carbons (Fsp3) is 0.318. The molecule has 1 aromatic carbocycles. The van der Waals surface area contributed by atoms with E-state index >= 15 is 4.39 Å². The number of methoxy groups -OCH3 is 2. The lowest BCUT2D eigenvalue weighted by molar-refractivity contribution is -0.111. The molecule has 1 amide bonds. The number of nitrogens with zero attached hydrogens (tertiary/aromatic N) is 3. The van der Waals surface area contributed by atoms with Crippen LogP contribution in [-0.4, -0.2) is 40.1 Å². The van der Waals surface area contributed by atoms with E-state index in [1.807, 2.05) is 0 Å². The van der Waals surface area contributed by atoms with E-state index in [0.717, 1.165) is 22.0 Å². The summed E-state index contributed by atoms with van der Waals surface area (Å²) in [5, 5.41) is 13.9. The van der Waals surface area contributed by atoms with Gasteiger partial charge in [-0.15, -0.1) is 0 Å². The first-order chi connectivity index (χ1) is 16.2. The molecule has 3 aromatic rings. The van der Waals surface area contributed by atoms with Crippen LogP contribution in [0.5, 0.6) is 11.5 Å². The number of hydrogen-bond acceptors (Lipinski definition) is 5. The molecule has 1 unspecified atom stereocenters. The predicted octanol–water partition coefficient (Wildman–Crippen LogP) is 3.36. The molecule has 0 spiro atoms. The number of nitrogens with one attached hydrogen (secondary N) is 2. The van der Waals surface area contributed by atoms with Gasteiger partial charge in [0.15, 0.2) is 11.6 Å². The van der Waals surface area contributed by atoms with Crippen LogP contribution in [0.25, 0.3) is 11.4 Å². The van der Waals surface area contributed by atoms with Crippen LogP contribution in [0.3, 0.4) is 0 Å². The molecule has 1 aliphatic carbocycles. The standard InChI is InChI=1S/C22H24FN5O3/c1-5-19(29)25-17-11-24-28(2)22(17)21-14-7-6-12(8-16(14)26-27-21)15-9-13(30-3)10-18(31-4)20(15)23/h5,9-12H,1,6-8H2,2-4H3,(H,25,29)(H,26,27)/i2D3.